The van der Waals surface area contributed by atoms with Crippen LogP contribution in [0.25, 0.3) is 0 Å². The Balaban J connectivity index is 2.04. The predicted molar refractivity (Wildman–Crippen MR) is 71.9 cm³/mol. The Labute approximate surface area is 114 Å². The smallest absolute Gasteiger partial charge is 0.184 e. The third-order valence-electron chi connectivity index (χ3n) is 2.39. The van der Waals surface area contributed by atoms with Crippen LogP contribution < -0.4 is 4.74 Å². The number of Topliss-reactive ketones (excluding diaryl/α,β-unsaturated/α-hetero) is 1. The standard InChI is InChI=1S/C13H13BrN2O2/c1-2-18-12-5-3-10(4-6-12)13(17)9-16-8-11(14)7-15-16/h3-8H,2,9H2,1H3. The lowest BCUT2D eigenvalue weighted by atomic mass is 10.1. The second kappa shape index (κ2) is 5.82. The second-order valence-corrected chi connectivity index (χ2v) is 4.65. The molecule has 0 radical (unpaired) electrons. The molecule has 1 heterocycles. The summed E-state index contributed by atoms with van der Waals surface area (Å²) >= 11 is 3.29. The molecule has 2 aromatic rings. The second-order valence-electron chi connectivity index (χ2n) is 3.74. The topological polar surface area (TPSA) is 44.1 Å². The van der Waals surface area contributed by atoms with Crippen molar-refractivity contribution in [1.29, 1.82) is 0 Å². The average Bonchev–Trinajstić information content (AvgIpc) is 2.76. The molecule has 1 aromatic carbocycles. The summed E-state index contributed by atoms with van der Waals surface area (Å²) in [5, 5.41) is 4.05. The number of carbonyl (C=O) groups is 1. The van der Waals surface area contributed by atoms with Crippen molar-refractivity contribution in [3.8, 4) is 5.75 Å². The molecule has 0 aliphatic carbocycles. The Hall–Kier alpha value is -1.62. The van der Waals surface area contributed by atoms with Crippen LogP contribution in [0.3, 0.4) is 0 Å². The van der Waals surface area contributed by atoms with E-state index in [0.29, 0.717) is 12.2 Å². The summed E-state index contributed by atoms with van der Waals surface area (Å²) in [5.74, 6) is 0.796. The number of ketones is 1. The fourth-order valence-electron chi connectivity index (χ4n) is 1.57. The van der Waals surface area contributed by atoms with E-state index < -0.39 is 0 Å². The van der Waals surface area contributed by atoms with Gasteiger partial charge in [0.25, 0.3) is 0 Å². The van der Waals surface area contributed by atoms with Gasteiger partial charge in [-0.2, -0.15) is 5.10 Å². The molecule has 0 saturated heterocycles. The molecular formula is C13H13BrN2O2. The van der Waals surface area contributed by atoms with Crippen molar-refractivity contribution in [2.45, 2.75) is 13.5 Å². The molecule has 94 valence electrons. The summed E-state index contributed by atoms with van der Waals surface area (Å²) in [7, 11) is 0. The molecule has 0 spiro atoms. The third-order valence-corrected chi connectivity index (χ3v) is 2.80. The van der Waals surface area contributed by atoms with Crippen molar-refractivity contribution in [2.24, 2.45) is 0 Å². The number of carbonyl (C=O) groups excluding carboxylic acids is 1. The Morgan fingerprint density at radius 3 is 2.67 bits per heavy atom. The first kappa shape index (κ1) is 12.8. The predicted octanol–water partition coefficient (Wildman–Crippen LogP) is 2.93. The van der Waals surface area contributed by atoms with E-state index in [2.05, 4.69) is 21.0 Å². The van der Waals surface area contributed by atoms with E-state index in [1.807, 2.05) is 6.92 Å². The largest absolute Gasteiger partial charge is 0.494 e. The molecule has 0 saturated carbocycles. The number of hydrogen-bond acceptors (Lipinski definition) is 3. The first-order chi connectivity index (χ1) is 8.69. The molecule has 0 unspecified atom stereocenters. The van der Waals surface area contributed by atoms with Crippen molar-refractivity contribution in [3.63, 3.8) is 0 Å². The van der Waals surface area contributed by atoms with Gasteiger partial charge >= 0.3 is 0 Å². The summed E-state index contributed by atoms with van der Waals surface area (Å²) in [5.41, 5.74) is 0.657. The number of aromatic nitrogens is 2. The lowest BCUT2D eigenvalue weighted by Crippen LogP contribution is -2.10. The Bertz CT molecular complexity index is 534. The van der Waals surface area contributed by atoms with Crippen LogP contribution in [0.4, 0.5) is 0 Å². The third kappa shape index (κ3) is 3.20. The molecule has 0 bridgehead atoms. The molecule has 18 heavy (non-hydrogen) atoms. The van der Waals surface area contributed by atoms with Crippen LogP contribution in [0.5, 0.6) is 5.75 Å². The average molecular weight is 309 g/mol. The summed E-state index contributed by atoms with van der Waals surface area (Å²) < 4.78 is 7.79. The minimum Gasteiger partial charge on any atom is -0.494 e. The first-order valence-corrected chi connectivity index (χ1v) is 6.42. The van der Waals surface area contributed by atoms with E-state index in [9.17, 15) is 4.79 Å². The quantitative estimate of drug-likeness (QED) is 0.798. The lowest BCUT2D eigenvalue weighted by Gasteiger charge is -2.04. The van der Waals surface area contributed by atoms with E-state index in [1.165, 1.54) is 0 Å². The number of rotatable bonds is 5. The number of halogens is 1. The van der Waals surface area contributed by atoms with Crippen molar-refractivity contribution >= 4 is 21.7 Å². The zero-order chi connectivity index (χ0) is 13.0. The highest BCUT2D eigenvalue weighted by molar-refractivity contribution is 9.10. The number of ether oxygens (including phenoxy) is 1. The fourth-order valence-corrected chi connectivity index (χ4v) is 1.89. The van der Waals surface area contributed by atoms with Gasteiger partial charge in [0.15, 0.2) is 5.78 Å². The van der Waals surface area contributed by atoms with E-state index in [1.54, 1.807) is 41.3 Å². The minimum absolute atomic E-state index is 0.0219. The summed E-state index contributed by atoms with van der Waals surface area (Å²) in [6.07, 6.45) is 3.43. The highest BCUT2D eigenvalue weighted by Crippen LogP contribution is 2.13. The van der Waals surface area contributed by atoms with E-state index >= 15 is 0 Å². The van der Waals surface area contributed by atoms with Gasteiger partial charge in [-0.05, 0) is 47.1 Å². The van der Waals surface area contributed by atoms with Crippen molar-refractivity contribution < 1.29 is 9.53 Å². The van der Waals surface area contributed by atoms with Crippen LogP contribution in [0.2, 0.25) is 0 Å². The Morgan fingerprint density at radius 2 is 2.11 bits per heavy atom. The van der Waals surface area contributed by atoms with Crippen molar-refractivity contribution in [2.75, 3.05) is 6.61 Å². The van der Waals surface area contributed by atoms with E-state index in [0.717, 1.165) is 10.2 Å². The van der Waals surface area contributed by atoms with Gasteiger partial charge in [-0.3, -0.25) is 9.48 Å². The minimum atomic E-state index is 0.0219. The van der Waals surface area contributed by atoms with Gasteiger partial charge in [0.05, 0.1) is 17.3 Å². The number of benzene rings is 1. The Morgan fingerprint density at radius 1 is 1.39 bits per heavy atom. The van der Waals surface area contributed by atoms with Crippen LogP contribution in [0, 0.1) is 0 Å². The van der Waals surface area contributed by atoms with Gasteiger partial charge in [0, 0.05) is 11.8 Å². The molecule has 2 rings (SSSR count). The van der Waals surface area contributed by atoms with Gasteiger partial charge in [-0.1, -0.05) is 0 Å². The maximum absolute atomic E-state index is 12.0. The van der Waals surface area contributed by atoms with Crippen LogP contribution in [-0.2, 0) is 6.54 Å². The number of hydrogen-bond donors (Lipinski definition) is 0. The first-order valence-electron chi connectivity index (χ1n) is 5.63. The summed E-state index contributed by atoms with van der Waals surface area (Å²) in [4.78, 5) is 12.0. The zero-order valence-corrected chi connectivity index (χ0v) is 11.6. The van der Waals surface area contributed by atoms with Crippen LogP contribution in [0.1, 0.15) is 17.3 Å². The summed E-state index contributed by atoms with van der Waals surface area (Å²) in [6.45, 7) is 2.78. The van der Waals surface area contributed by atoms with Crippen LogP contribution >= 0.6 is 15.9 Å². The SMILES string of the molecule is CCOc1ccc(C(=O)Cn2cc(Br)cn2)cc1. The van der Waals surface area contributed by atoms with Gasteiger partial charge < -0.3 is 4.74 Å². The maximum atomic E-state index is 12.0. The highest BCUT2D eigenvalue weighted by atomic mass is 79.9. The molecule has 0 fully saturated rings. The van der Waals surface area contributed by atoms with Gasteiger partial charge in [0.1, 0.15) is 12.3 Å². The molecule has 1 aromatic heterocycles. The van der Waals surface area contributed by atoms with E-state index in [4.69, 9.17) is 4.74 Å². The molecule has 0 aliphatic rings. The number of nitrogens with zero attached hydrogens (tertiary/aromatic N) is 2. The van der Waals surface area contributed by atoms with Crippen molar-refractivity contribution in [3.05, 3.63) is 46.7 Å². The van der Waals surface area contributed by atoms with Gasteiger partial charge in [-0.25, -0.2) is 0 Å². The lowest BCUT2D eigenvalue weighted by molar-refractivity contribution is 0.0967. The molecule has 0 aliphatic heterocycles. The van der Waals surface area contributed by atoms with E-state index in [-0.39, 0.29) is 12.3 Å². The molecule has 4 nitrogen and oxygen atoms in total. The molecule has 5 heteroatoms. The zero-order valence-electron chi connectivity index (χ0n) is 9.97. The highest BCUT2D eigenvalue weighted by Gasteiger charge is 2.07. The molecular weight excluding hydrogens is 296 g/mol. The normalized spacial score (nSPS) is 10.3. The molecule has 0 N–H and O–H groups in total. The van der Waals surface area contributed by atoms with Crippen LogP contribution in [-0.4, -0.2) is 22.2 Å². The van der Waals surface area contributed by atoms with Gasteiger partial charge in [0.2, 0.25) is 0 Å². The maximum Gasteiger partial charge on any atom is 0.184 e. The van der Waals surface area contributed by atoms with Crippen LogP contribution in [0.15, 0.2) is 41.1 Å². The summed E-state index contributed by atoms with van der Waals surface area (Å²) in [6, 6.07) is 7.14. The molecule has 0 atom stereocenters. The Kier molecular flexibility index (Phi) is 4.15. The monoisotopic (exact) mass is 308 g/mol. The van der Waals surface area contributed by atoms with Gasteiger partial charge in [-0.15, -0.1) is 0 Å². The molecule has 0 amide bonds. The van der Waals surface area contributed by atoms with Crippen molar-refractivity contribution in [1.82, 2.24) is 9.78 Å². The fraction of sp³-hybridized carbons (Fsp3) is 0.231.